The van der Waals surface area contributed by atoms with Crippen molar-refractivity contribution in [2.75, 3.05) is 14.2 Å². The molecule has 0 saturated carbocycles. The van der Waals surface area contributed by atoms with Crippen molar-refractivity contribution in [2.45, 2.75) is 19.5 Å². The maximum absolute atomic E-state index is 11.5. The lowest BCUT2D eigenvalue weighted by Crippen LogP contribution is -2.39. The second-order valence-electron chi connectivity index (χ2n) is 3.83. The van der Waals surface area contributed by atoms with E-state index in [1.807, 2.05) is 24.3 Å². The Kier molecular flexibility index (Phi) is 6.61. The first kappa shape index (κ1) is 15.7. The van der Waals surface area contributed by atoms with E-state index < -0.39 is 6.04 Å². The van der Waals surface area contributed by atoms with Crippen molar-refractivity contribution in [2.24, 2.45) is 5.73 Å². The van der Waals surface area contributed by atoms with Crippen molar-refractivity contribution in [1.82, 2.24) is 4.90 Å². The number of likely N-dealkylation sites (N-methyl/N-ethyl adjacent to an activating group) is 1. The highest BCUT2D eigenvalue weighted by Crippen LogP contribution is 2.12. The monoisotopic (exact) mass is 258 g/mol. The maximum atomic E-state index is 11.5. The molecule has 0 aromatic heterocycles. The summed E-state index contributed by atoms with van der Waals surface area (Å²) < 4.78 is 5.06. The lowest BCUT2D eigenvalue weighted by Gasteiger charge is -2.19. The Balaban J connectivity index is 0.00000256. The average Bonchev–Trinajstić information content (AvgIpc) is 2.28. The van der Waals surface area contributed by atoms with Gasteiger partial charge in [-0.15, -0.1) is 12.4 Å². The number of ether oxygens (including phenoxy) is 1. The Morgan fingerprint density at radius 3 is 2.35 bits per heavy atom. The SMILES string of the molecule is COc1ccc(CN(C)C(=O)C(C)N)cc1.Cl. The van der Waals surface area contributed by atoms with E-state index in [2.05, 4.69) is 0 Å². The van der Waals surface area contributed by atoms with E-state index >= 15 is 0 Å². The van der Waals surface area contributed by atoms with Crippen LogP contribution in [0.15, 0.2) is 24.3 Å². The van der Waals surface area contributed by atoms with Gasteiger partial charge in [0.1, 0.15) is 5.75 Å². The summed E-state index contributed by atoms with van der Waals surface area (Å²) in [6, 6.07) is 7.16. The van der Waals surface area contributed by atoms with Crippen LogP contribution in [-0.2, 0) is 11.3 Å². The molecule has 0 radical (unpaired) electrons. The number of carbonyl (C=O) groups excluding carboxylic acids is 1. The fraction of sp³-hybridized carbons (Fsp3) is 0.417. The van der Waals surface area contributed by atoms with E-state index in [1.54, 1.807) is 26.0 Å². The minimum Gasteiger partial charge on any atom is -0.497 e. The van der Waals surface area contributed by atoms with Crippen molar-refractivity contribution in [3.63, 3.8) is 0 Å². The van der Waals surface area contributed by atoms with E-state index in [4.69, 9.17) is 10.5 Å². The third kappa shape index (κ3) is 4.63. The molecular weight excluding hydrogens is 240 g/mol. The number of halogens is 1. The molecule has 1 aromatic rings. The van der Waals surface area contributed by atoms with Gasteiger partial charge < -0.3 is 15.4 Å². The second kappa shape index (κ2) is 7.14. The number of rotatable bonds is 4. The van der Waals surface area contributed by atoms with Crippen molar-refractivity contribution < 1.29 is 9.53 Å². The summed E-state index contributed by atoms with van der Waals surface area (Å²) in [5.74, 6) is 0.751. The van der Waals surface area contributed by atoms with Crippen LogP contribution in [0.2, 0.25) is 0 Å². The van der Waals surface area contributed by atoms with E-state index in [0.29, 0.717) is 6.54 Å². The van der Waals surface area contributed by atoms with Crippen LogP contribution in [0.4, 0.5) is 0 Å². The number of benzene rings is 1. The smallest absolute Gasteiger partial charge is 0.239 e. The van der Waals surface area contributed by atoms with Crippen molar-refractivity contribution in [3.8, 4) is 5.75 Å². The summed E-state index contributed by atoms with van der Waals surface area (Å²) >= 11 is 0. The largest absolute Gasteiger partial charge is 0.497 e. The van der Waals surface area contributed by atoms with Crippen LogP contribution < -0.4 is 10.5 Å². The Morgan fingerprint density at radius 2 is 1.94 bits per heavy atom. The van der Waals surface area contributed by atoms with E-state index in [1.165, 1.54) is 0 Å². The van der Waals surface area contributed by atoms with Gasteiger partial charge in [0.05, 0.1) is 13.2 Å². The minimum atomic E-state index is -0.455. The van der Waals surface area contributed by atoms with Gasteiger partial charge >= 0.3 is 0 Å². The predicted octanol–water partition coefficient (Wildman–Crippen LogP) is 1.42. The lowest BCUT2D eigenvalue weighted by molar-refractivity contribution is -0.131. The number of amides is 1. The fourth-order valence-electron chi connectivity index (χ4n) is 1.43. The summed E-state index contributed by atoms with van der Waals surface area (Å²) in [5.41, 5.74) is 6.58. The summed E-state index contributed by atoms with van der Waals surface area (Å²) in [5, 5.41) is 0. The van der Waals surface area contributed by atoms with Crippen molar-refractivity contribution in [1.29, 1.82) is 0 Å². The van der Waals surface area contributed by atoms with Crippen LogP contribution in [0.3, 0.4) is 0 Å². The Bertz CT molecular complexity index is 352. The van der Waals surface area contributed by atoms with Gasteiger partial charge in [-0.2, -0.15) is 0 Å². The molecule has 1 unspecified atom stereocenters. The van der Waals surface area contributed by atoms with Crippen LogP contribution in [0, 0.1) is 0 Å². The molecule has 4 nitrogen and oxygen atoms in total. The number of carbonyl (C=O) groups is 1. The number of nitrogens with zero attached hydrogens (tertiary/aromatic N) is 1. The molecule has 1 rings (SSSR count). The Hall–Kier alpha value is -1.26. The molecular formula is C12H19ClN2O2. The summed E-state index contributed by atoms with van der Waals surface area (Å²) in [4.78, 5) is 13.2. The number of methoxy groups -OCH3 is 1. The first-order valence-electron chi connectivity index (χ1n) is 5.18. The van der Waals surface area contributed by atoms with Gasteiger partial charge in [0.15, 0.2) is 0 Å². The van der Waals surface area contributed by atoms with Gasteiger partial charge in [0, 0.05) is 13.6 Å². The molecule has 0 aliphatic rings. The summed E-state index contributed by atoms with van der Waals surface area (Å²) in [7, 11) is 3.37. The van der Waals surface area contributed by atoms with Crippen molar-refractivity contribution in [3.05, 3.63) is 29.8 Å². The lowest BCUT2D eigenvalue weighted by atomic mass is 10.2. The molecule has 0 bridgehead atoms. The molecule has 0 aliphatic carbocycles. The molecule has 0 spiro atoms. The van der Waals surface area contributed by atoms with Crippen LogP contribution >= 0.6 is 12.4 Å². The average molecular weight is 259 g/mol. The van der Waals surface area contributed by atoms with Gasteiger partial charge in [-0.1, -0.05) is 12.1 Å². The third-order valence-corrected chi connectivity index (χ3v) is 2.34. The summed E-state index contributed by atoms with van der Waals surface area (Å²) in [6.45, 7) is 2.25. The fourth-order valence-corrected chi connectivity index (χ4v) is 1.43. The molecule has 2 N–H and O–H groups in total. The number of nitrogens with two attached hydrogens (primary N) is 1. The first-order chi connectivity index (χ1) is 7.54. The van der Waals surface area contributed by atoms with E-state index in [-0.39, 0.29) is 18.3 Å². The normalized spacial score (nSPS) is 11.3. The molecule has 17 heavy (non-hydrogen) atoms. The highest BCUT2D eigenvalue weighted by molar-refractivity contribution is 5.85. The molecule has 0 fully saturated rings. The zero-order valence-corrected chi connectivity index (χ0v) is 11.2. The summed E-state index contributed by atoms with van der Waals surface area (Å²) in [6.07, 6.45) is 0. The molecule has 1 atom stereocenters. The number of hydrogen-bond acceptors (Lipinski definition) is 3. The topological polar surface area (TPSA) is 55.6 Å². The first-order valence-corrected chi connectivity index (χ1v) is 5.18. The van der Waals surface area contributed by atoms with Gasteiger partial charge in [-0.25, -0.2) is 0 Å². The third-order valence-electron chi connectivity index (χ3n) is 2.34. The van der Waals surface area contributed by atoms with Crippen molar-refractivity contribution >= 4 is 18.3 Å². The van der Waals surface area contributed by atoms with E-state index in [0.717, 1.165) is 11.3 Å². The second-order valence-corrected chi connectivity index (χ2v) is 3.83. The Labute approximate surface area is 108 Å². The molecule has 0 saturated heterocycles. The zero-order valence-electron chi connectivity index (χ0n) is 10.3. The molecule has 0 heterocycles. The van der Waals surface area contributed by atoms with Gasteiger partial charge in [-0.05, 0) is 24.6 Å². The minimum absolute atomic E-state index is 0. The number of hydrogen-bond donors (Lipinski definition) is 1. The molecule has 5 heteroatoms. The molecule has 0 aliphatic heterocycles. The van der Waals surface area contributed by atoms with Crippen LogP contribution in [0.25, 0.3) is 0 Å². The van der Waals surface area contributed by atoms with Gasteiger partial charge in [0.2, 0.25) is 5.91 Å². The van der Waals surface area contributed by atoms with E-state index in [9.17, 15) is 4.79 Å². The quantitative estimate of drug-likeness (QED) is 0.889. The highest BCUT2D eigenvalue weighted by Gasteiger charge is 2.13. The molecule has 1 amide bonds. The standard InChI is InChI=1S/C12H18N2O2.ClH/c1-9(13)12(15)14(2)8-10-4-6-11(16-3)7-5-10;/h4-7,9H,8,13H2,1-3H3;1H. The zero-order chi connectivity index (χ0) is 12.1. The predicted molar refractivity (Wildman–Crippen MR) is 70.4 cm³/mol. The van der Waals surface area contributed by atoms with Crippen LogP contribution in [-0.4, -0.2) is 31.0 Å². The van der Waals surface area contributed by atoms with Crippen LogP contribution in [0.5, 0.6) is 5.75 Å². The molecule has 1 aromatic carbocycles. The van der Waals surface area contributed by atoms with Gasteiger partial charge in [0.25, 0.3) is 0 Å². The highest BCUT2D eigenvalue weighted by atomic mass is 35.5. The van der Waals surface area contributed by atoms with Crippen LogP contribution in [0.1, 0.15) is 12.5 Å². The maximum Gasteiger partial charge on any atom is 0.239 e. The van der Waals surface area contributed by atoms with Gasteiger partial charge in [-0.3, -0.25) is 4.79 Å². The molecule has 96 valence electrons. The Morgan fingerprint density at radius 1 is 1.41 bits per heavy atom.